The van der Waals surface area contributed by atoms with Gasteiger partial charge >= 0.3 is 0 Å². The first-order valence-corrected chi connectivity index (χ1v) is 12.5. The monoisotopic (exact) mass is 439 g/mol. The number of unbranched alkanes of at least 4 members (excludes halogenated alkanes) is 1. The van der Waals surface area contributed by atoms with Crippen molar-refractivity contribution in [2.75, 3.05) is 72.6 Å². The zero-order chi connectivity index (χ0) is 22.9. The Labute approximate surface area is 190 Å². The number of likely N-dealkylation sites (N-methyl/N-ethyl adjacent to an activating group) is 1. The quantitative estimate of drug-likeness (QED) is 0.201. The van der Waals surface area contributed by atoms with E-state index in [0.717, 1.165) is 82.8 Å². The highest BCUT2D eigenvalue weighted by Crippen LogP contribution is 2.21. The molecule has 3 unspecified atom stereocenters. The van der Waals surface area contributed by atoms with Crippen LogP contribution in [0.15, 0.2) is 4.99 Å². The second kappa shape index (κ2) is 12.6. The van der Waals surface area contributed by atoms with E-state index in [2.05, 4.69) is 37.6 Å². The van der Waals surface area contributed by atoms with Crippen molar-refractivity contribution >= 4 is 11.9 Å². The van der Waals surface area contributed by atoms with E-state index in [1.54, 1.807) is 4.90 Å². The molecule has 0 aromatic rings. The van der Waals surface area contributed by atoms with Gasteiger partial charge in [-0.3, -0.25) is 5.41 Å². The van der Waals surface area contributed by atoms with Crippen molar-refractivity contribution in [1.82, 2.24) is 9.80 Å². The predicted octanol–water partition coefficient (Wildman–Crippen LogP) is 0.592. The molecule has 0 aromatic heterocycles. The fourth-order valence-corrected chi connectivity index (χ4v) is 5.10. The molecule has 4 N–H and O–H groups in total. The summed E-state index contributed by atoms with van der Waals surface area (Å²) in [5, 5.41) is 8.41. The van der Waals surface area contributed by atoms with Gasteiger partial charge in [0.1, 0.15) is 12.6 Å². The summed E-state index contributed by atoms with van der Waals surface area (Å²) < 4.78 is 6.65. The smallest absolute Gasteiger partial charge is 0.220 e. The molecule has 2 saturated heterocycles. The van der Waals surface area contributed by atoms with E-state index >= 15 is 0 Å². The summed E-state index contributed by atoms with van der Waals surface area (Å²) >= 11 is 0. The lowest BCUT2D eigenvalue weighted by Crippen LogP contribution is -3.17. The van der Waals surface area contributed by atoms with Crippen LogP contribution in [0.4, 0.5) is 0 Å². The molecule has 0 bridgehead atoms. The summed E-state index contributed by atoms with van der Waals surface area (Å²) in [5.74, 6) is 0.796. The van der Waals surface area contributed by atoms with Gasteiger partial charge in [0, 0.05) is 20.1 Å². The molecule has 3 atom stereocenters. The van der Waals surface area contributed by atoms with Crippen molar-refractivity contribution in [3.8, 4) is 0 Å². The minimum Gasteiger partial charge on any atom is -0.369 e. The van der Waals surface area contributed by atoms with Crippen LogP contribution in [0, 0.1) is 5.41 Å². The first-order valence-electron chi connectivity index (χ1n) is 12.5. The maximum atomic E-state index is 8.41. The molecule has 2 aliphatic heterocycles. The number of aliphatic imine (C=N–C) groups is 1. The molecule has 31 heavy (non-hydrogen) atoms. The van der Waals surface area contributed by atoms with Crippen LogP contribution in [0.2, 0.25) is 0 Å². The molecular formula is C23H49N7O+2. The maximum absolute atomic E-state index is 8.41. The fourth-order valence-electron chi connectivity index (χ4n) is 5.10. The molecule has 0 aliphatic carbocycles. The number of nitrogens with one attached hydrogen (secondary N) is 2. The van der Waals surface area contributed by atoms with Crippen LogP contribution in [-0.2, 0) is 4.74 Å². The van der Waals surface area contributed by atoms with Gasteiger partial charge in [0.25, 0.3) is 0 Å². The fraction of sp³-hybridized carbons (Fsp3) is 0.913. The van der Waals surface area contributed by atoms with Crippen molar-refractivity contribution in [3.05, 3.63) is 0 Å². The van der Waals surface area contributed by atoms with E-state index in [1.807, 2.05) is 11.9 Å². The van der Waals surface area contributed by atoms with Crippen LogP contribution in [-0.4, -0.2) is 111 Å². The Balaban J connectivity index is 1.81. The molecule has 0 saturated carbocycles. The summed E-state index contributed by atoms with van der Waals surface area (Å²) in [4.78, 5) is 10.3. The Morgan fingerprint density at radius 3 is 2.61 bits per heavy atom. The molecule has 8 nitrogen and oxygen atoms in total. The molecule has 2 rings (SSSR count). The SMILES string of the molecule is CC[N+](CC)(CC)CC1CCCN1/C(N)=N/C(=N)N(C)CCCC[NH+]1CCOCC1C. The second-order valence-corrected chi connectivity index (χ2v) is 9.52. The van der Waals surface area contributed by atoms with E-state index in [4.69, 9.17) is 15.9 Å². The molecule has 2 heterocycles. The van der Waals surface area contributed by atoms with Gasteiger partial charge in [-0.25, -0.2) is 0 Å². The average molecular weight is 440 g/mol. The van der Waals surface area contributed by atoms with Gasteiger partial charge in [-0.05, 0) is 53.4 Å². The number of hydrogen-bond acceptors (Lipinski definition) is 2. The van der Waals surface area contributed by atoms with E-state index in [9.17, 15) is 0 Å². The average Bonchev–Trinajstić information content (AvgIpc) is 3.24. The number of nitrogens with two attached hydrogens (primary N) is 1. The zero-order valence-corrected chi connectivity index (χ0v) is 20.8. The minimum atomic E-state index is 0.275. The maximum Gasteiger partial charge on any atom is 0.220 e. The molecular weight excluding hydrogens is 390 g/mol. The van der Waals surface area contributed by atoms with Crippen molar-refractivity contribution < 1.29 is 14.1 Å². The second-order valence-electron chi connectivity index (χ2n) is 9.52. The van der Waals surface area contributed by atoms with E-state index < -0.39 is 0 Å². The van der Waals surface area contributed by atoms with Gasteiger partial charge in [0.2, 0.25) is 5.96 Å². The highest BCUT2D eigenvalue weighted by atomic mass is 16.5. The standard InChI is InChI=1S/C23H48N7O/c1-6-30(7-2,8-3)18-21-12-11-15-29(21)23(25)26-22(24)27(5)13-9-10-14-28-16-17-31-19-20(28)4/h20-21H,6-19H2,1-5H3,(H3,24,25,26)/q+1/p+1. The number of hydrogen-bond donors (Lipinski definition) is 3. The number of ether oxygens (including phenoxy) is 1. The Morgan fingerprint density at radius 1 is 1.26 bits per heavy atom. The van der Waals surface area contributed by atoms with Crippen molar-refractivity contribution in [3.63, 3.8) is 0 Å². The number of rotatable bonds is 10. The van der Waals surface area contributed by atoms with Crippen LogP contribution < -0.4 is 10.6 Å². The highest BCUT2D eigenvalue weighted by molar-refractivity contribution is 5.92. The van der Waals surface area contributed by atoms with Crippen LogP contribution in [0.1, 0.15) is 53.4 Å². The lowest BCUT2D eigenvalue weighted by Gasteiger charge is -2.40. The first kappa shape index (κ1) is 25.9. The number of morpholine rings is 1. The summed E-state index contributed by atoms with van der Waals surface area (Å²) in [5.41, 5.74) is 6.41. The molecule has 0 amide bonds. The van der Waals surface area contributed by atoms with Crippen molar-refractivity contribution in [1.29, 1.82) is 5.41 Å². The molecule has 2 fully saturated rings. The van der Waals surface area contributed by atoms with E-state index in [0.29, 0.717) is 18.0 Å². The summed E-state index contributed by atoms with van der Waals surface area (Å²) in [7, 11) is 1.96. The van der Waals surface area contributed by atoms with Gasteiger partial charge < -0.3 is 29.7 Å². The molecule has 2 aliphatic rings. The van der Waals surface area contributed by atoms with Gasteiger partial charge in [-0.15, -0.1) is 0 Å². The highest BCUT2D eigenvalue weighted by Gasteiger charge is 2.34. The number of likely N-dealkylation sites (tertiary alicyclic amines) is 1. The summed E-state index contributed by atoms with van der Waals surface area (Å²) in [6.45, 7) is 19.5. The van der Waals surface area contributed by atoms with E-state index in [-0.39, 0.29) is 5.96 Å². The summed E-state index contributed by atoms with van der Waals surface area (Å²) in [6.07, 6.45) is 4.56. The van der Waals surface area contributed by atoms with Crippen LogP contribution >= 0.6 is 0 Å². The number of quaternary nitrogens is 2. The normalized spacial score (nSPS) is 25.1. The Morgan fingerprint density at radius 2 is 1.97 bits per heavy atom. The molecule has 8 heteroatoms. The molecule has 0 aromatic carbocycles. The Hall–Kier alpha value is -1.38. The van der Waals surface area contributed by atoms with Crippen molar-refractivity contribution in [2.24, 2.45) is 10.7 Å². The lowest BCUT2D eigenvalue weighted by molar-refractivity contribution is -0.931. The van der Waals surface area contributed by atoms with Gasteiger partial charge in [0.05, 0.1) is 52.0 Å². The number of guanidine groups is 2. The topological polar surface area (TPSA) is 82.4 Å². The molecule has 0 spiro atoms. The Bertz CT molecular complexity index is 570. The van der Waals surface area contributed by atoms with Gasteiger partial charge in [-0.2, -0.15) is 4.99 Å². The molecule has 180 valence electrons. The molecule has 0 radical (unpaired) electrons. The predicted molar refractivity (Wildman–Crippen MR) is 129 cm³/mol. The lowest BCUT2D eigenvalue weighted by atomic mass is 10.1. The summed E-state index contributed by atoms with van der Waals surface area (Å²) in [6, 6.07) is 1.02. The first-order chi connectivity index (χ1) is 14.9. The third kappa shape index (κ3) is 7.32. The van der Waals surface area contributed by atoms with Gasteiger partial charge in [-0.1, -0.05) is 0 Å². The largest absolute Gasteiger partial charge is 0.369 e. The third-order valence-electron chi connectivity index (χ3n) is 7.74. The van der Waals surface area contributed by atoms with Crippen LogP contribution in [0.5, 0.6) is 0 Å². The zero-order valence-electron chi connectivity index (χ0n) is 20.8. The van der Waals surface area contributed by atoms with Gasteiger partial charge in [0.15, 0.2) is 5.96 Å². The van der Waals surface area contributed by atoms with E-state index in [1.165, 1.54) is 13.0 Å². The van der Waals surface area contributed by atoms with Crippen LogP contribution in [0.25, 0.3) is 0 Å². The Kier molecular flexibility index (Phi) is 10.5. The minimum absolute atomic E-state index is 0.275. The van der Waals surface area contributed by atoms with Crippen LogP contribution in [0.3, 0.4) is 0 Å². The number of nitrogens with zero attached hydrogens (tertiary/aromatic N) is 4. The van der Waals surface area contributed by atoms with Crippen molar-refractivity contribution in [2.45, 2.75) is 65.5 Å². The third-order valence-corrected chi connectivity index (χ3v) is 7.74.